The van der Waals surface area contributed by atoms with Gasteiger partial charge >= 0.3 is 0 Å². The summed E-state index contributed by atoms with van der Waals surface area (Å²) in [6.07, 6.45) is 14.3. The van der Waals surface area contributed by atoms with E-state index in [9.17, 15) is 0 Å². The lowest BCUT2D eigenvalue weighted by Gasteiger charge is -2.36. The van der Waals surface area contributed by atoms with Crippen LogP contribution in [-0.2, 0) is 6.42 Å². The van der Waals surface area contributed by atoms with Gasteiger partial charge in [0.2, 0.25) is 0 Å². The third kappa shape index (κ3) is 3.15. The molecule has 2 N–H and O–H groups in total. The van der Waals surface area contributed by atoms with Gasteiger partial charge in [0.05, 0.1) is 0 Å². The van der Waals surface area contributed by atoms with Gasteiger partial charge in [0.1, 0.15) is 11.6 Å². The summed E-state index contributed by atoms with van der Waals surface area (Å²) in [7, 11) is 0. The predicted molar refractivity (Wildman–Crippen MR) is 85.2 cm³/mol. The van der Waals surface area contributed by atoms with Gasteiger partial charge in [0.25, 0.3) is 0 Å². The van der Waals surface area contributed by atoms with E-state index in [1.165, 1.54) is 70.0 Å². The summed E-state index contributed by atoms with van der Waals surface area (Å²) in [5.74, 6) is 2.30. The van der Waals surface area contributed by atoms with Crippen LogP contribution in [0.15, 0.2) is 0 Å². The molecule has 2 aliphatic carbocycles. The molecule has 0 saturated heterocycles. The lowest BCUT2D eigenvalue weighted by Crippen LogP contribution is -2.36. The van der Waals surface area contributed by atoms with Crippen LogP contribution < -0.4 is 5.73 Å². The Labute approximate surface area is 128 Å². The molecular weight excluding hydrogens is 260 g/mol. The molecule has 1 aromatic rings. The van der Waals surface area contributed by atoms with Crippen LogP contribution in [0.4, 0.5) is 0 Å². The normalized spacial score (nSPS) is 23.3. The third-order valence-electron chi connectivity index (χ3n) is 5.76. The van der Waals surface area contributed by atoms with E-state index in [2.05, 4.69) is 21.7 Å². The highest BCUT2D eigenvalue weighted by molar-refractivity contribution is 5.03. The van der Waals surface area contributed by atoms with E-state index in [-0.39, 0.29) is 5.41 Å². The summed E-state index contributed by atoms with van der Waals surface area (Å²) in [5, 5.41) is 8.93. The number of nitrogens with zero attached hydrogens (tertiary/aromatic N) is 3. The van der Waals surface area contributed by atoms with E-state index in [1.807, 2.05) is 0 Å². The van der Waals surface area contributed by atoms with Crippen molar-refractivity contribution in [2.75, 3.05) is 6.54 Å². The zero-order valence-corrected chi connectivity index (χ0v) is 13.5. The number of aromatic nitrogens is 3. The van der Waals surface area contributed by atoms with Gasteiger partial charge in [-0.3, -0.25) is 0 Å². The molecular formula is C17H30N4. The second-order valence-corrected chi connectivity index (χ2v) is 7.27. The first kappa shape index (κ1) is 15.0. The highest BCUT2D eigenvalue weighted by Crippen LogP contribution is 2.39. The molecule has 4 heteroatoms. The molecule has 2 saturated carbocycles. The number of nitrogens with two attached hydrogens (primary N) is 1. The van der Waals surface area contributed by atoms with E-state index in [0.717, 1.165) is 18.8 Å². The lowest BCUT2D eigenvalue weighted by molar-refractivity contribution is 0.188. The van der Waals surface area contributed by atoms with Crippen LogP contribution in [0.1, 0.15) is 81.9 Å². The Balaban J connectivity index is 1.81. The van der Waals surface area contributed by atoms with E-state index in [1.54, 1.807) is 0 Å². The van der Waals surface area contributed by atoms with Crippen molar-refractivity contribution in [2.45, 2.75) is 83.6 Å². The topological polar surface area (TPSA) is 56.7 Å². The van der Waals surface area contributed by atoms with Crippen LogP contribution in [0.25, 0.3) is 0 Å². The zero-order chi connectivity index (χ0) is 14.7. The van der Waals surface area contributed by atoms with Crippen LogP contribution >= 0.6 is 0 Å². The van der Waals surface area contributed by atoms with E-state index in [0.29, 0.717) is 6.04 Å². The second kappa shape index (κ2) is 6.47. The average Bonchev–Trinajstić information content (AvgIpc) is 2.89. The first-order valence-electron chi connectivity index (χ1n) is 8.85. The zero-order valence-electron chi connectivity index (χ0n) is 13.5. The Bertz CT molecular complexity index is 453. The molecule has 0 radical (unpaired) electrons. The number of hydrogen-bond acceptors (Lipinski definition) is 3. The average molecular weight is 290 g/mol. The fourth-order valence-corrected chi connectivity index (χ4v) is 4.44. The van der Waals surface area contributed by atoms with Crippen molar-refractivity contribution in [1.29, 1.82) is 0 Å². The third-order valence-corrected chi connectivity index (χ3v) is 5.76. The summed E-state index contributed by atoms with van der Waals surface area (Å²) in [5.41, 5.74) is 6.45. The summed E-state index contributed by atoms with van der Waals surface area (Å²) < 4.78 is 2.45. The van der Waals surface area contributed by atoms with Crippen LogP contribution in [-0.4, -0.2) is 21.3 Å². The van der Waals surface area contributed by atoms with E-state index < -0.39 is 0 Å². The summed E-state index contributed by atoms with van der Waals surface area (Å²) >= 11 is 0. The standard InChI is InChI=1S/C17H30N4/c1-14-19-20-16(21(14)15-8-4-2-5-9-15)12-17(13-18)10-6-3-7-11-17/h15H,2-13,18H2,1H3. The van der Waals surface area contributed by atoms with Crippen molar-refractivity contribution in [3.05, 3.63) is 11.6 Å². The molecule has 0 spiro atoms. The Kier molecular flexibility index (Phi) is 4.63. The molecule has 3 rings (SSSR count). The van der Waals surface area contributed by atoms with Gasteiger partial charge in [-0.1, -0.05) is 38.5 Å². The molecule has 0 amide bonds. The number of hydrogen-bond donors (Lipinski definition) is 1. The number of rotatable bonds is 4. The van der Waals surface area contributed by atoms with Gasteiger partial charge < -0.3 is 10.3 Å². The van der Waals surface area contributed by atoms with Crippen molar-refractivity contribution < 1.29 is 0 Å². The van der Waals surface area contributed by atoms with Gasteiger partial charge in [-0.05, 0) is 44.6 Å². The fourth-order valence-electron chi connectivity index (χ4n) is 4.44. The van der Waals surface area contributed by atoms with Gasteiger partial charge in [-0.25, -0.2) is 0 Å². The monoisotopic (exact) mass is 290 g/mol. The summed E-state index contributed by atoms with van der Waals surface area (Å²) in [6, 6.07) is 0.627. The molecule has 0 unspecified atom stereocenters. The molecule has 0 aliphatic heterocycles. The van der Waals surface area contributed by atoms with E-state index in [4.69, 9.17) is 5.73 Å². The van der Waals surface area contributed by atoms with Gasteiger partial charge in [0, 0.05) is 12.5 Å². The van der Waals surface area contributed by atoms with Crippen LogP contribution in [0.5, 0.6) is 0 Å². The molecule has 1 aromatic heterocycles. The maximum absolute atomic E-state index is 6.16. The summed E-state index contributed by atoms with van der Waals surface area (Å²) in [4.78, 5) is 0. The summed E-state index contributed by atoms with van der Waals surface area (Å²) in [6.45, 7) is 2.91. The lowest BCUT2D eigenvalue weighted by atomic mass is 9.71. The molecule has 4 nitrogen and oxygen atoms in total. The van der Waals surface area contributed by atoms with Crippen molar-refractivity contribution in [3.8, 4) is 0 Å². The molecule has 0 atom stereocenters. The van der Waals surface area contributed by atoms with Gasteiger partial charge in [-0.15, -0.1) is 10.2 Å². The van der Waals surface area contributed by atoms with Gasteiger partial charge in [-0.2, -0.15) is 0 Å². The molecule has 2 fully saturated rings. The minimum atomic E-state index is 0.282. The largest absolute Gasteiger partial charge is 0.330 e. The SMILES string of the molecule is Cc1nnc(CC2(CN)CCCCC2)n1C1CCCCC1. The molecule has 0 bridgehead atoms. The first-order chi connectivity index (χ1) is 10.2. The quantitative estimate of drug-likeness (QED) is 0.922. The first-order valence-corrected chi connectivity index (χ1v) is 8.85. The highest BCUT2D eigenvalue weighted by Gasteiger charge is 2.33. The molecule has 0 aromatic carbocycles. The molecule has 21 heavy (non-hydrogen) atoms. The fraction of sp³-hybridized carbons (Fsp3) is 0.882. The second-order valence-electron chi connectivity index (χ2n) is 7.27. The highest BCUT2D eigenvalue weighted by atomic mass is 15.3. The minimum Gasteiger partial charge on any atom is -0.330 e. The molecule has 1 heterocycles. The van der Waals surface area contributed by atoms with Crippen molar-refractivity contribution in [2.24, 2.45) is 11.1 Å². The van der Waals surface area contributed by atoms with Crippen LogP contribution in [0, 0.1) is 12.3 Å². The smallest absolute Gasteiger partial charge is 0.133 e. The van der Waals surface area contributed by atoms with Crippen LogP contribution in [0.2, 0.25) is 0 Å². The van der Waals surface area contributed by atoms with Crippen molar-refractivity contribution in [1.82, 2.24) is 14.8 Å². The van der Waals surface area contributed by atoms with Crippen LogP contribution in [0.3, 0.4) is 0 Å². The maximum Gasteiger partial charge on any atom is 0.133 e. The van der Waals surface area contributed by atoms with Crippen molar-refractivity contribution in [3.63, 3.8) is 0 Å². The van der Waals surface area contributed by atoms with E-state index >= 15 is 0 Å². The minimum absolute atomic E-state index is 0.282. The Morgan fingerprint density at radius 1 is 1.05 bits per heavy atom. The van der Waals surface area contributed by atoms with Crippen molar-refractivity contribution >= 4 is 0 Å². The Morgan fingerprint density at radius 3 is 2.38 bits per heavy atom. The molecule has 2 aliphatic rings. The predicted octanol–water partition coefficient (Wildman–Crippen LogP) is 3.54. The molecule has 118 valence electrons. The Morgan fingerprint density at radius 2 is 1.71 bits per heavy atom. The maximum atomic E-state index is 6.16. The van der Waals surface area contributed by atoms with Gasteiger partial charge in [0.15, 0.2) is 0 Å². The number of aryl methyl sites for hydroxylation is 1. The Hall–Kier alpha value is -0.900.